The molecule has 0 saturated carbocycles. The van der Waals surface area contributed by atoms with E-state index in [0.717, 1.165) is 12.0 Å². The fourth-order valence-electron chi connectivity index (χ4n) is 2.39. The van der Waals surface area contributed by atoms with Crippen LogP contribution in [0.15, 0.2) is 34.9 Å². The number of aryl methyl sites for hydroxylation is 1. The van der Waals surface area contributed by atoms with Gasteiger partial charge in [-0.25, -0.2) is 9.78 Å². The number of nitrogens with zero attached hydrogens (tertiary/aromatic N) is 2. The van der Waals surface area contributed by atoms with Gasteiger partial charge in [-0.15, -0.1) is 0 Å². The number of amides is 1. The lowest BCUT2D eigenvalue weighted by molar-refractivity contribution is 0.0594. The van der Waals surface area contributed by atoms with Crippen molar-refractivity contribution in [3.8, 4) is 0 Å². The highest BCUT2D eigenvalue weighted by molar-refractivity contribution is 5.95. The molecule has 6 nitrogen and oxygen atoms in total. The number of ether oxygens (including phenoxy) is 1. The number of benzene rings is 1. The Morgan fingerprint density at radius 1 is 1.28 bits per heavy atom. The van der Waals surface area contributed by atoms with Crippen molar-refractivity contribution in [1.82, 2.24) is 9.88 Å². The molecule has 0 radical (unpaired) electrons. The third-order valence-electron chi connectivity index (χ3n) is 3.91. The number of methoxy groups -OCH3 is 1. The van der Waals surface area contributed by atoms with Crippen LogP contribution in [0.4, 0.5) is 0 Å². The second kappa shape index (κ2) is 8.46. The van der Waals surface area contributed by atoms with Gasteiger partial charge in [0.05, 0.1) is 13.7 Å². The molecule has 0 saturated heterocycles. The lowest BCUT2D eigenvalue weighted by Crippen LogP contribution is -2.32. The molecule has 0 bridgehead atoms. The van der Waals surface area contributed by atoms with Crippen LogP contribution in [0, 0.1) is 12.8 Å². The third-order valence-corrected chi connectivity index (χ3v) is 3.91. The van der Waals surface area contributed by atoms with Crippen LogP contribution in [0.3, 0.4) is 0 Å². The van der Waals surface area contributed by atoms with Crippen LogP contribution in [0.1, 0.15) is 52.6 Å². The van der Waals surface area contributed by atoms with E-state index in [-0.39, 0.29) is 18.1 Å². The standard InChI is InChI=1S/C19H24N2O4/c1-13(2)9-10-21(18(22)15-8-6-5-7-14(15)3)11-17-20-16(12-25-17)19(23)24-4/h5-8,12-13H,9-11H2,1-4H3. The van der Waals surface area contributed by atoms with Gasteiger partial charge in [0.2, 0.25) is 5.89 Å². The van der Waals surface area contributed by atoms with Gasteiger partial charge in [0.15, 0.2) is 5.69 Å². The molecule has 134 valence electrons. The molecule has 0 aliphatic rings. The van der Waals surface area contributed by atoms with Gasteiger partial charge in [-0.05, 0) is 30.9 Å². The minimum atomic E-state index is -0.561. The molecule has 2 rings (SSSR count). The molecule has 25 heavy (non-hydrogen) atoms. The Labute approximate surface area is 147 Å². The number of aromatic nitrogens is 1. The van der Waals surface area contributed by atoms with Gasteiger partial charge in [0.25, 0.3) is 5.91 Å². The van der Waals surface area contributed by atoms with E-state index in [9.17, 15) is 9.59 Å². The van der Waals surface area contributed by atoms with Crippen LogP contribution in [-0.2, 0) is 11.3 Å². The largest absolute Gasteiger partial charge is 0.464 e. The second-order valence-electron chi connectivity index (χ2n) is 6.34. The number of hydrogen-bond donors (Lipinski definition) is 0. The smallest absolute Gasteiger partial charge is 0.360 e. The van der Waals surface area contributed by atoms with Gasteiger partial charge in [0, 0.05) is 12.1 Å². The van der Waals surface area contributed by atoms with Gasteiger partial charge in [0.1, 0.15) is 6.26 Å². The summed E-state index contributed by atoms with van der Waals surface area (Å²) in [5, 5.41) is 0. The fraction of sp³-hybridized carbons (Fsp3) is 0.421. The molecule has 2 aromatic rings. The second-order valence-corrected chi connectivity index (χ2v) is 6.34. The summed E-state index contributed by atoms with van der Waals surface area (Å²) in [6, 6.07) is 7.48. The Kier molecular flexibility index (Phi) is 6.33. The first kappa shape index (κ1) is 18.7. The lowest BCUT2D eigenvalue weighted by atomic mass is 10.1. The van der Waals surface area contributed by atoms with Crippen molar-refractivity contribution in [3.63, 3.8) is 0 Å². The zero-order chi connectivity index (χ0) is 18.4. The molecule has 1 aromatic heterocycles. The predicted molar refractivity (Wildman–Crippen MR) is 93.2 cm³/mol. The summed E-state index contributed by atoms with van der Waals surface area (Å²) < 4.78 is 9.96. The molecule has 0 aliphatic carbocycles. The zero-order valence-electron chi connectivity index (χ0n) is 15.1. The predicted octanol–water partition coefficient (Wildman–Crippen LogP) is 3.46. The third kappa shape index (κ3) is 4.92. The summed E-state index contributed by atoms with van der Waals surface area (Å²) in [6.07, 6.45) is 2.11. The minimum absolute atomic E-state index is 0.0726. The molecule has 1 amide bonds. The number of carbonyl (C=O) groups is 2. The van der Waals surface area contributed by atoms with E-state index in [4.69, 9.17) is 4.42 Å². The first-order valence-corrected chi connectivity index (χ1v) is 8.30. The van der Waals surface area contributed by atoms with Crippen LogP contribution >= 0.6 is 0 Å². The molecular weight excluding hydrogens is 320 g/mol. The van der Waals surface area contributed by atoms with Gasteiger partial charge in [-0.1, -0.05) is 32.0 Å². The molecule has 0 N–H and O–H groups in total. The minimum Gasteiger partial charge on any atom is -0.464 e. The molecule has 1 aromatic carbocycles. The average Bonchev–Trinajstić information content (AvgIpc) is 3.06. The Bertz CT molecular complexity index is 737. The van der Waals surface area contributed by atoms with Crippen molar-refractivity contribution in [2.75, 3.05) is 13.7 Å². The van der Waals surface area contributed by atoms with E-state index in [1.54, 1.807) is 4.90 Å². The highest BCUT2D eigenvalue weighted by atomic mass is 16.5. The first-order valence-electron chi connectivity index (χ1n) is 8.30. The van der Waals surface area contributed by atoms with E-state index in [1.807, 2.05) is 31.2 Å². The summed E-state index contributed by atoms with van der Waals surface area (Å²) >= 11 is 0. The monoisotopic (exact) mass is 344 g/mol. The van der Waals surface area contributed by atoms with E-state index < -0.39 is 5.97 Å². The number of esters is 1. The SMILES string of the molecule is COC(=O)c1coc(CN(CCC(C)C)C(=O)c2ccccc2C)n1. The molecule has 6 heteroatoms. The fourth-order valence-corrected chi connectivity index (χ4v) is 2.39. The summed E-state index contributed by atoms with van der Waals surface area (Å²) in [7, 11) is 1.29. The van der Waals surface area contributed by atoms with Gasteiger partial charge < -0.3 is 14.1 Å². The molecule has 1 heterocycles. The van der Waals surface area contributed by atoms with Crippen molar-refractivity contribution in [2.24, 2.45) is 5.92 Å². The number of rotatable bonds is 7. The quantitative estimate of drug-likeness (QED) is 0.719. The van der Waals surface area contributed by atoms with Crippen LogP contribution in [-0.4, -0.2) is 35.4 Å². The van der Waals surface area contributed by atoms with Crippen LogP contribution in [0.2, 0.25) is 0 Å². The Hall–Kier alpha value is -2.63. The first-order chi connectivity index (χ1) is 11.9. The summed E-state index contributed by atoms with van der Waals surface area (Å²) in [6.45, 7) is 6.92. The number of hydrogen-bond acceptors (Lipinski definition) is 5. The number of oxazole rings is 1. The highest BCUT2D eigenvalue weighted by Crippen LogP contribution is 2.15. The van der Waals surface area contributed by atoms with Crippen molar-refractivity contribution in [2.45, 2.75) is 33.7 Å². The maximum atomic E-state index is 12.9. The molecular formula is C19H24N2O4. The average molecular weight is 344 g/mol. The Morgan fingerprint density at radius 2 is 2.00 bits per heavy atom. The van der Waals surface area contributed by atoms with Gasteiger partial charge in [-0.3, -0.25) is 4.79 Å². The summed E-state index contributed by atoms with van der Waals surface area (Å²) in [5.41, 5.74) is 1.68. The van der Waals surface area contributed by atoms with E-state index in [0.29, 0.717) is 23.9 Å². The topological polar surface area (TPSA) is 72.6 Å². The van der Waals surface area contributed by atoms with Crippen molar-refractivity contribution >= 4 is 11.9 Å². The molecule has 0 spiro atoms. The molecule has 0 atom stereocenters. The van der Waals surface area contributed by atoms with Crippen LogP contribution in [0.25, 0.3) is 0 Å². The van der Waals surface area contributed by atoms with E-state index in [1.165, 1.54) is 13.4 Å². The molecule has 0 aliphatic heterocycles. The Morgan fingerprint density at radius 3 is 2.64 bits per heavy atom. The Balaban J connectivity index is 2.20. The van der Waals surface area contributed by atoms with Crippen molar-refractivity contribution in [3.05, 3.63) is 53.2 Å². The molecule has 0 unspecified atom stereocenters. The number of carbonyl (C=O) groups excluding carboxylic acids is 2. The maximum Gasteiger partial charge on any atom is 0.360 e. The van der Waals surface area contributed by atoms with E-state index in [2.05, 4.69) is 23.6 Å². The van der Waals surface area contributed by atoms with Crippen LogP contribution < -0.4 is 0 Å². The van der Waals surface area contributed by atoms with Crippen LogP contribution in [0.5, 0.6) is 0 Å². The lowest BCUT2D eigenvalue weighted by Gasteiger charge is -2.23. The van der Waals surface area contributed by atoms with E-state index >= 15 is 0 Å². The maximum absolute atomic E-state index is 12.9. The van der Waals surface area contributed by atoms with Gasteiger partial charge >= 0.3 is 5.97 Å². The van der Waals surface area contributed by atoms with Crippen molar-refractivity contribution in [1.29, 1.82) is 0 Å². The molecule has 0 fully saturated rings. The summed E-state index contributed by atoms with van der Waals surface area (Å²) in [5.74, 6) is 0.138. The highest BCUT2D eigenvalue weighted by Gasteiger charge is 2.21. The zero-order valence-corrected chi connectivity index (χ0v) is 15.1. The van der Waals surface area contributed by atoms with Crippen molar-refractivity contribution < 1.29 is 18.7 Å². The summed E-state index contributed by atoms with van der Waals surface area (Å²) in [4.78, 5) is 30.3. The normalized spacial score (nSPS) is 10.8. The van der Waals surface area contributed by atoms with Gasteiger partial charge in [-0.2, -0.15) is 0 Å².